The lowest BCUT2D eigenvalue weighted by Gasteiger charge is -2.08. The molecule has 1 rings (SSSR count). The van der Waals surface area contributed by atoms with Gasteiger partial charge in [0.2, 0.25) is 5.91 Å². The highest BCUT2D eigenvalue weighted by molar-refractivity contribution is 5.94. The molecule has 1 aromatic carbocycles. The summed E-state index contributed by atoms with van der Waals surface area (Å²) in [6, 6.07) is 6.09. The number of amides is 1. The van der Waals surface area contributed by atoms with E-state index >= 15 is 0 Å². The molecule has 0 aliphatic carbocycles. The van der Waals surface area contributed by atoms with E-state index in [9.17, 15) is 9.59 Å². The Kier molecular flexibility index (Phi) is 4.02. The van der Waals surface area contributed by atoms with Gasteiger partial charge in [0.05, 0.1) is 12.5 Å². The molecule has 4 N–H and O–H groups in total. The van der Waals surface area contributed by atoms with Gasteiger partial charge in [-0.1, -0.05) is 12.1 Å². The van der Waals surface area contributed by atoms with Crippen LogP contribution in [0.25, 0.3) is 0 Å². The monoisotopic (exact) mass is 222 g/mol. The molecule has 0 aromatic heterocycles. The van der Waals surface area contributed by atoms with Crippen LogP contribution in [0, 0.1) is 0 Å². The van der Waals surface area contributed by atoms with Gasteiger partial charge in [-0.3, -0.25) is 9.59 Å². The molecule has 0 saturated carbocycles. The number of carbonyl (C=O) groups excluding carboxylic acids is 1. The number of hydrogen-bond donors (Lipinski definition) is 3. The summed E-state index contributed by atoms with van der Waals surface area (Å²) in [5.74, 6) is -1.21. The first-order chi connectivity index (χ1) is 7.49. The quantitative estimate of drug-likeness (QED) is 0.695. The molecule has 0 fully saturated rings. The highest BCUT2D eigenvalue weighted by Gasteiger charge is 2.08. The predicted octanol–water partition coefficient (Wildman–Crippen LogP) is 0.599. The Morgan fingerprint density at radius 3 is 2.75 bits per heavy atom. The molecule has 1 atom stereocenters. The molecule has 0 bridgehead atoms. The van der Waals surface area contributed by atoms with Crippen molar-refractivity contribution in [2.24, 2.45) is 5.73 Å². The number of carboxylic acid groups (broad SMARTS) is 1. The lowest BCUT2D eigenvalue weighted by atomic mass is 10.1. The van der Waals surface area contributed by atoms with Crippen LogP contribution in [0.15, 0.2) is 24.3 Å². The lowest BCUT2D eigenvalue weighted by Crippen LogP contribution is -2.32. The summed E-state index contributed by atoms with van der Waals surface area (Å²) in [7, 11) is 0. The number of nitrogens with two attached hydrogens (primary N) is 1. The summed E-state index contributed by atoms with van der Waals surface area (Å²) in [6.07, 6.45) is -0.0676. The average molecular weight is 222 g/mol. The molecular weight excluding hydrogens is 208 g/mol. The van der Waals surface area contributed by atoms with Gasteiger partial charge in [-0.15, -0.1) is 0 Å². The topological polar surface area (TPSA) is 92.4 Å². The van der Waals surface area contributed by atoms with Crippen LogP contribution in [0.4, 0.5) is 5.69 Å². The second-order valence-corrected chi connectivity index (χ2v) is 3.55. The predicted molar refractivity (Wildman–Crippen MR) is 60.1 cm³/mol. The summed E-state index contributed by atoms with van der Waals surface area (Å²) < 4.78 is 0. The van der Waals surface area contributed by atoms with Gasteiger partial charge in [-0.2, -0.15) is 0 Å². The van der Waals surface area contributed by atoms with Gasteiger partial charge >= 0.3 is 5.97 Å². The molecule has 0 aliphatic rings. The average Bonchev–Trinajstić information content (AvgIpc) is 2.16. The summed E-state index contributed by atoms with van der Waals surface area (Å²) in [4.78, 5) is 21.8. The highest BCUT2D eigenvalue weighted by Crippen LogP contribution is 2.11. The summed E-state index contributed by atoms with van der Waals surface area (Å²) >= 11 is 0. The molecule has 0 aliphatic heterocycles. The minimum Gasteiger partial charge on any atom is -0.481 e. The van der Waals surface area contributed by atoms with Crippen molar-refractivity contribution < 1.29 is 14.7 Å². The standard InChI is InChI=1S/C11H14N2O3/c1-7(12)11(16)13-9-4-2-3-8(5-9)6-10(14)15/h2-5,7H,6,12H2,1H3,(H,13,16)(H,14,15)/t7-/m0/s1. The number of hydrogen-bond acceptors (Lipinski definition) is 3. The molecule has 0 saturated heterocycles. The molecule has 1 amide bonds. The van der Waals surface area contributed by atoms with E-state index in [1.54, 1.807) is 31.2 Å². The number of benzene rings is 1. The fourth-order valence-corrected chi connectivity index (χ4v) is 1.19. The van der Waals surface area contributed by atoms with Crippen molar-refractivity contribution in [3.8, 4) is 0 Å². The molecule has 0 radical (unpaired) electrons. The van der Waals surface area contributed by atoms with Crippen molar-refractivity contribution >= 4 is 17.6 Å². The Hall–Kier alpha value is -1.88. The number of carboxylic acids is 1. The second-order valence-electron chi connectivity index (χ2n) is 3.55. The number of rotatable bonds is 4. The molecule has 5 heteroatoms. The van der Waals surface area contributed by atoms with Gasteiger partial charge in [-0.05, 0) is 24.6 Å². The first kappa shape index (κ1) is 12.2. The van der Waals surface area contributed by atoms with Crippen LogP contribution in [-0.4, -0.2) is 23.0 Å². The molecule has 0 spiro atoms. The van der Waals surface area contributed by atoms with Crippen molar-refractivity contribution in [1.82, 2.24) is 0 Å². The molecule has 16 heavy (non-hydrogen) atoms. The van der Waals surface area contributed by atoms with Crippen LogP contribution >= 0.6 is 0 Å². The van der Waals surface area contributed by atoms with Gasteiger partial charge in [0, 0.05) is 5.69 Å². The van der Waals surface area contributed by atoms with Crippen molar-refractivity contribution in [2.45, 2.75) is 19.4 Å². The molecular formula is C11H14N2O3. The Labute approximate surface area is 93.3 Å². The smallest absolute Gasteiger partial charge is 0.307 e. The summed E-state index contributed by atoms with van der Waals surface area (Å²) in [5.41, 5.74) is 6.59. The van der Waals surface area contributed by atoms with E-state index in [2.05, 4.69) is 5.32 Å². The summed E-state index contributed by atoms with van der Waals surface area (Å²) in [5, 5.41) is 11.2. The minimum absolute atomic E-state index is 0.0676. The van der Waals surface area contributed by atoms with Gasteiger partial charge in [0.1, 0.15) is 0 Å². The first-order valence-corrected chi connectivity index (χ1v) is 4.86. The van der Waals surface area contributed by atoms with E-state index < -0.39 is 12.0 Å². The third kappa shape index (κ3) is 3.70. The maximum Gasteiger partial charge on any atom is 0.307 e. The normalized spacial score (nSPS) is 11.9. The van der Waals surface area contributed by atoms with Gasteiger partial charge in [0.15, 0.2) is 0 Å². The second kappa shape index (κ2) is 5.27. The zero-order chi connectivity index (χ0) is 12.1. The first-order valence-electron chi connectivity index (χ1n) is 4.86. The molecule has 1 aromatic rings. The zero-order valence-electron chi connectivity index (χ0n) is 8.93. The number of aliphatic carboxylic acids is 1. The fourth-order valence-electron chi connectivity index (χ4n) is 1.19. The van der Waals surface area contributed by atoms with E-state index in [4.69, 9.17) is 10.8 Å². The van der Waals surface area contributed by atoms with Crippen LogP contribution in [0.2, 0.25) is 0 Å². The SMILES string of the molecule is C[C@H](N)C(=O)Nc1cccc(CC(=O)O)c1. The Morgan fingerprint density at radius 1 is 1.50 bits per heavy atom. The lowest BCUT2D eigenvalue weighted by molar-refractivity contribution is -0.136. The van der Waals surface area contributed by atoms with Gasteiger partial charge < -0.3 is 16.2 Å². The Bertz CT molecular complexity index is 402. The summed E-state index contributed by atoms with van der Waals surface area (Å²) in [6.45, 7) is 1.58. The zero-order valence-corrected chi connectivity index (χ0v) is 8.93. The van der Waals surface area contributed by atoms with Crippen molar-refractivity contribution in [3.63, 3.8) is 0 Å². The Balaban J connectivity index is 2.74. The number of anilines is 1. The van der Waals surface area contributed by atoms with Crippen molar-refractivity contribution in [1.29, 1.82) is 0 Å². The van der Waals surface area contributed by atoms with Crippen LogP contribution < -0.4 is 11.1 Å². The van der Waals surface area contributed by atoms with Crippen LogP contribution in [0.5, 0.6) is 0 Å². The molecule has 86 valence electrons. The number of carbonyl (C=O) groups is 2. The third-order valence-corrected chi connectivity index (χ3v) is 1.96. The van der Waals surface area contributed by atoms with Crippen LogP contribution in [-0.2, 0) is 16.0 Å². The van der Waals surface area contributed by atoms with Gasteiger partial charge in [0.25, 0.3) is 0 Å². The van der Waals surface area contributed by atoms with E-state index in [-0.39, 0.29) is 12.3 Å². The fraction of sp³-hybridized carbons (Fsp3) is 0.273. The van der Waals surface area contributed by atoms with Gasteiger partial charge in [-0.25, -0.2) is 0 Å². The van der Waals surface area contributed by atoms with Crippen molar-refractivity contribution in [3.05, 3.63) is 29.8 Å². The maximum absolute atomic E-state index is 11.3. The van der Waals surface area contributed by atoms with E-state index in [1.807, 2.05) is 0 Å². The van der Waals surface area contributed by atoms with Crippen molar-refractivity contribution in [2.75, 3.05) is 5.32 Å². The van der Waals surface area contributed by atoms with E-state index in [0.29, 0.717) is 11.3 Å². The van der Waals surface area contributed by atoms with Crippen LogP contribution in [0.1, 0.15) is 12.5 Å². The molecule has 0 unspecified atom stereocenters. The molecule has 0 heterocycles. The van der Waals surface area contributed by atoms with E-state index in [1.165, 1.54) is 0 Å². The largest absolute Gasteiger partial charge is 0.481 e. The number of nitrogens with one attached hydrogen (secondary N) is 1. The molecule has 5 nitrogen and oxygen atoms in total. The van der Waals surface area contributed by atoms with E-state index in [0.717, 1.165) is 0 Å². The maximum atomic E-state index is 11.3. The highest BCUT2D eigenvalue weighted by atomic mass is 16.4. The Morgan fingerprint density at radius 2 is 2.19 bits per heavy atom. The third-order valence-electron chi connectivity index (χ3n) is 1.96. The minimum atomic E-state index is -0.907. The van der Waals surface area contributed by atoms with Crippen LogP contribution in [0.3, 0.4) is 0 Å².